The van der Waals surface area contributed by atoms with E-state index >= 15 is 0 Å². The summed E-state index contributed by atoms with van der Waals surface area (Å²) in [5.74, 6) is -0.969. The van der Waals surface area contributed by atoms with E-state index in [2.05, 4.69) is 24.5 Å². The van der Waals surface area contributed by atoms with Crippen LogP contribution in [0.4, 0.5) is 17.1 Å². The van der Waals surface area contributed by atoms with E-state index in [0.29, 0.717) is 17.3 Å². The third-order valence-electron chi connectivity index (χ3n) is 3.66. The molecule has 2 N–H and O–H groups in total. The van der Waals surface area contributed by atoms with Crippen molar-refractivity contribution in [3.05, 3.63) is 54.1 Å². The summed E-state index contributed by atoms with van der Waals surface area (Å²) >= 11 is 0. The van der Waals surface area contributed by atoms with E-state index in [4.69, 9.17) is 0 Å². The summed E-state index contributed by atoms with van der Waals surface area (Å²) < 4.78 is 0. The van der Waals surface area contributed by atoms with Gasteiger partial charge < -0.3 is 15.5 Å². The summed E-state index contributed by atoms with van der Waals surface area (Å²) in [6, 6.07) is 14.8. The Morgan fingerprint density at radius 1 is 0.875 bits per heavy atom. The number of anilines is 3. The second-order valence-electron chi connectivity index (χ2n) is 6.13. The highest BCUT2D eigenvalue weighted by Crippen LogP contribution is 2.18. The lowest BCUT2D eigenvalue weighted by molar-refractivity contribution is -0.132. The lowest BCUT2D eigenvalue weighted by atomic mass is 10.0. The lowest BCUT2D eigenvalue weighted by Crippen LogP contribution is -2.29. The monoisotopic (exact) mass is 325 g/mol. The fourth-order valence-electron chi connectivity index (χ4n) is 2.19. The van der Waals surface area contributed by atoms with Gasteiger partial charge in [-0.05, 0) is 41.8 Å². The molecule has 0 saturated heterocycles. The first-order valence-electron chi connectivity index (χ1n) is 7.86. The van der Waals surface area contributed by atoms with Crippen molar-refractivity contribution in [3.63, 3.8) is 0 Å². The van der Waals surface area contributed by atoms with Crippen LogP contribution in [0, 0.1) is 0 Å². The van der Waals surface area contributed by atoms with Gasteiger partial charge in [-0.3, -0.25) is 9.59 Å². The molecule has 0 aliphatic heterocycles. The van der Waals surface area contributed by atoms with Crippen molar-refractivity contribution in [3.8, 4) is 0 Å². The Hall–Kier alpha value is -2.82. The SMILES string of the molecule is CC(C)c1ccc(NC(=O)C(=O)Nc2cccc(N(C)C)c2)cc1. The van der Waals surface area contributed by atoms with Gasteiger partial charge in [0.25, 0.3) is 0 Å². The molecule has 0 aromatic heterocycles. The van der Waals surface area contributed by atoms with Crippen LogP contribution in [-0.4, -0.2) is 25.9 Å². The van der Waals surface area contributed by atoms with Crippen LogP contribution in [0.15, 0.2) is 48.5 Å². The first kappa shape index (κ1) is 17.5. The largest absolute Gasteiger partial charge is 0.378 e. The Balaban J connectivity index is 1.99. The molecule has 126 valence electrons. The van der Waals surface area contributed by atoms with Crippen molar-refractivity contribution in [2.75, 3.05) is 29.6 Å². The summed E-state index contributed by atoms with van der Waals surface area (Å²) in [5.41, 5.74) is 3.30. The molecule has 0 saturated carbocycles. The van der Waals surface area contributed by atoms with E-state index in [-0.39, 0.29) is 0 Å². The molecule has 0 spiro atoms. The third-order valence-corrected chi connectivity index (χ3v) is 3.66. The van der Waals surface area contributed by atoms with Gasteiger partial charge >= 0.3 is 11.8 Å². The number of carbonyl (C=O) groups excluding carboxylic acids is 2. The van der Waals surface area contributed by atoms with Crippen LogP contribution in [0.5, 0.6) is 0 Å². The molecule has 0 radical (unpaired) electrons. The highest BCUT2D eigenvalue weighted by molar-refractivity contribution is 6.43. The van der Waals surface area contributed by atoms with Crippen LogP contribution in [0.1, 0.15) is 25.3 Å². The number of nitrogens with zero attached hydrogens (tertiary/aromatic N) is 1. The van der Waals surface area contributed by atoms with Crippen molar-refractivity contribution in [2.24, 2.45) is 0 Å². The van der Waals surface area contributed by atoms with Gasteiger partial charge in [0.15, 0.2) is 0 Å². The topological polar surface area (TPSA) is 61.4 Å². The lowest BCUT2D eigenvalue weighted by Gasteiger charge is -2.14. The summed E-state index contributed by atoms with van der Waals surface area (Å²) in [5, 5.41) is 5.21. The Morgan fingerprint density at radius 2 is 1.46 bits per heavy atom. The van der Waals surface area contributed by atoms with Gasteiger partial charge in [-0.2, -0.15) is 0 Å². The van der Waals surface area contributed by atoms with Gasteiger partial charge in [0, 0.05) is 31.2 Å². The molecule has 0 heterocycles. The molecule has 2 aromatic carbocycles. The Labute approximate surface area is 142 Å². The highest BCUT2D eigenvalue weighted by atomic mass is 16.2. The third kappa shape index (κ3) is 4.59. The number of hydrogen-bond donors (Lipinski definition) is 2. The standard InChI is InChI=1S/C19H23N3O2/c1-13(2)14-8-10-15(11-9-14)20-18(23)19(24)21-16-6-5-7-17(12-16)22(3)4/h5-13H,1-4H3,(H,20,23)(H,21,24). The molecular formula is C19H23N3O2. The van der Waals surface area contributed by atoms with E-state index in [1.54, 1.807) is 18.2 Å². The van der Waals surface area contributed by atoms with Crippen LogP contribution in [0.2, 0.25) is 0 Å². The number of benzene rings is 2. The first-order valence-corrected chi connectivity index (χ1v) is 7.86. The van der Waals surface area contributed by atoms with Crippen molar-refractivity contribution in [1.29, 1.82) is 0 Å². The number of nitrogens with one attached hydrogen (secondary N) is 2. The van der Waals surface area contributed by atoms with E-state index in [9.17, 15) is 9.59 Å². The molecule has 5 heteroatoms. The Bertz CT molecular complexity index is 722. The zero-order valence-corrected chi connectivity index (χ0v) is 14.5. The number of amides is 2. The van der Waals surface area contributed by atoms with Crippen LogP contribution >= 0.6 is 0 Å². The zero-order chi connectivity index (χ0) is 17.7. The smallest absolute Gasteiger partial charge is 0.314 e. The van der Waals surface area contributed by atoms with Crippen LogP contribution in [0.25, 0.3) is 0 Å². The van der Waals surface area contributed by atoms with Crippen molar-refractivity contribution in [2.45, 2.75) is 19.8 Å². The molecule has 0 fully saturated rings. The molecule has 0 atom stereocenters. The van der Waals surface area contributed by atoms with Gasteiger partial charge in [0.05, 0.1) is 0 Å². The Morgan fingerprint density at radius 3 is 2.00 bits per heavy atom. The fraction of sp³-hybridized carbons (Fsp3) is 0.263. The van der Waals surface area contributed by atoms with Gasteiger partial charge in [-0.25, -0.2) is 0 Å². The summed E-state index contributed by atoms with van der Waals surface area (Å²) in [7, 11) is 3.82. The maximum absolute atomic E-state index is 12.0. The average molecular weight is 325 g/mol. The number of rotatable bonds is 4. The quantitative estimate of drug-likeness (QED) is 0.846. The van der Waals surface area contributed by atoms with E-state index < -0.39 is 11.8 Å². The highest BCUT2D eigenvalue weighted by Gasteiger charge is 2.14. The second kappa shape index (κ2) is 7.64. The van der Waals surface area contributed by atoms with Crippen LogP contribution < -0.4 is 15.5 Å². The average Bonchev–Trinajstić information content (AvgIpc) is 2.55. The van der Waals surface area contributed by atoms with E-state index in [1.165, 1.54) is 5.56 Å². The number of carbonyl (C=O) groups is 2. The molecule has 0 aliphatic rings. The second-order valence-corrected chi connectivity index (χ2v) is 6.13. The minimum Gasteiger partial charge on any atom is -0.378 e. The van der Waals surface area contributed by atoms with Crippen LogP contribution in [0.3, 0.4) is 0 Å². The molecule has 24 heavy (non-hydrogen) atoms. The molecule has 2 rings (SSSR count). The van der Waals surface area contributed by atoms with E-state index in [1.807, 2.05) is 49.3 Å². The molecule has 2 amide bonds. The molecule has 0 bridgehead atoms. The first-order chi connectivity index (χ1) is 11.4. The van der Waals surface area contributed by atoms with Crippen molar-refractivity contribution >= 4 is 28.9 Å². The molecule has 0 unspecified atom stereocenters. The maximum atomic E-state index is 12.0. The van der Waals surface area contributed by atoms with Crippen molar-refractivity contribution < 1.29 is 9.59 Å². The van der Waals surface area contributed by atoms with E-state index in [0.717, 1.165) is 5.69 Å². The summed E-state index contributed by atoms with van der Waals surface area (Å²) in [6.07, 6.45) is 0. The fourth-order valence-corrected chi connectivity index (χ4v) is 2.19. The van der Waals surface area contributed by atoms with Gasteiger partial charge in [-0.1, -0.05) is 32.0 Å². The normalized spacial score (nSPS) is 10.4. The molecule has 5 nitrogen and oxygen atoms in total. The van der Waals surface area contributed by atoms with Gasteiger partial charge in [-0.15, -0.1) is 0 Å². The molecule has 0 aliphatic carbocycles. The minimum absolute atomic E-state index is 0.419. The van der Waals surface area contributed by atoms with Gasteiger partial charge in [0.2, 0.25) is 0 Å². The summed E-state index contributed by atoms with van der Waals surface area (Å²) in [4.78, 5) is 26.0. The minimum atomic E-state index is -0.696. The van der Waals surface area contributed by atoms with Crippen molar-refractivity contribution in [1.82, 2.24) is 0 Å². The summed E-state index contributed by atoms with van der Waals surface area (Å²) in [6.45, 7) is 4.20. The molecular weight excluding hydrogens is 302 g/mol. The predicted octanol–water partition coefficient (Wildman–Crippen LogP) is 3.45. The predicted molar refractivity (Wildman–Crippen MR) is 98.6 cm³/mol. The number of hydrogen-bond acceptors (Lipinski definition) is 3. The van der Waals surface area contributed by atoms with Gasteiger partial charge in [0.1, 0.15) is 0 Å². The zero-order valence-electron chi connectivity index (χ0n) is 14.5. The van der Waals surface area contributed by atoms with Crippen LogP contribution in [-0.2, 0) is 9.59 Å². The molecule has 2 aromatic rings. The maximum Gasteiger partial charge on any atom is 0.314 e. The Kier molecular flexibility index (Phi) is 5.58.